The molecular formula is C8H12BrNO3. The van der Waals surface area contributed by atoms with Gasteiger partial charge in [0.05, 0.1) is 6.61 Å². The van der Waals surface area contributed by atoms with Crippen molar-refractivity contribution >= 4 is 21.9 Å². The van der Waals surface area contributed by atoms with E-state index in [4.69, 9.17) is 9.84 Å². The molecule has 0 amide bonds. The maximum absolute atomic E-state index is 10.6. The van der Waals surface area contributed by atoms with Crippen molar-refractivity contribution in [1.82, 2.24) is 4.90 Å². The van der Waals surface area contributed by atoms with Gasteiger partial charge in [-0.25, -0.2) is 4.79 Å². The molecule has 0 aromatic carbocycles. The van der Waals surface area contributed by atoms with E-state index in [9.17, 15) is 4.79 Å². The van der Waals surface area contributed by atoms with Crippen LogP contribution in [0.3, 0.4) is 0 Å². The molecule has 0 aromatic rings. The van der Waals surface area contributed by atoms with Crippen molar-refractivity contribution in [1.29, 1.82) is 0 Å². The predicted octanol–water partition coefficient (Wildman–Crippen LogP) is 0.680. The first-order chi connectivity index (χ1) is 6.09. The van der Waals surface area contributed by atoms with Gasteiger partial charge in [0.15, 0.2) is 6.10 Å². The largest absolute Gasteiger partial charge is 0.479 e. The number of rotatable bonds is 3. The molecule has 1 N–H and O–H groups in total. The van der Waals surface area contributed by atoms with Crippen molar-refractivity contribution in [2.24, 2.45) is 0 Å². The molecule has 1 rings (SSSR count). The van der Waals surface area contributed by atoms with Crippen LogP contribution in [-0.4, -0.2) is 48.3 Å². The van der Waals surface area contributed by atoms with Crippen LogP contribution in [0.4, 0.5) is 0 Å². The predicted molar refractivity (Wildman–Crippen MR) is 51.9 cm³/mol. The summed E-state index contributed by atoms with van der Waals surface area (Å²) >= 11 is 3.24. The fraction of sp³-hybridized carbons (Fsp3) is 0.625. The van der Waals surface area contributed by atoms with E-state index >= 15 is 0 Å². The number of morpholine rings is 1. The zero-order valence-corrected chi connectivity index (χ0v) is 8.79. The van der Waals surface area contributed by atoms with Crippen molar-refractivity contribution < 1.29 is 14.6 Å². The van der Waals surface area contributed by atoms with Crippen LogP contribution in [0.15, 0.2) is 11.1 Å². The molecule has 1 aliphatic heterocycles. The minimum absolute atomic E-state index is 0.431. The normalized spacial score (nSPS) is 24.2. The van der Waals surface area contributed by atoms with E-state index in [-0.39, 0.29) is 0 Å². The highest BCUT2D eigenvalue weighted by molar-refractivity contribution is 9.11. The van der Waals surface area contributed by atoms with Gasteiger partial charge in [-0.1, -0.05) is 22.5 Å². The molecule has 0 radical (unpaired) electrons. The van der Waals surface area contributed by atoms with Gasteiger partial charge >= 0.3 is 5.97 Å². The lowest BCUT2D eigenvalue weighted by Gasteiger charge is -2.30. The van der Waals surface area contributed by atoms with Crippen LogP contribution < -0.4 is 0 Å². The summed E-state index contributed by atoms with van der Waals surface area (Å²) in [7, 11) is 0. The van der Waals surface area contributed by atoms with E-state index in [1.54, 1.807) is 0 Å². The van der Waals surface area contributed by atoms with E-state index < -0.39 is 12.1 Å². The first kappa shape index (κ1) is 10.7. The molecular weight excluding hydrogens is 238 g/mol. The summed E-state index contributed by atoms with van der Waals surface area (Å²) in [4.78, 5) is 12.6. The second-order valence-electron chi connectivity index (χ2n) is 2.95. The monoisotopic (exact) mass is 249 g/mol. The van der Waals surface area contributed by atoms with Gasteiger partial charge in [-0.05, 0) is 0 Å². The number of carboxylic acids is 1. The molecule has 0 bridgehead atoms. The van der Waals surface area contributed by atoms with Crippen molar-refractivity contribution in [2.75, 3.05) is 26.2 Å². The Balaban J connectivity index is 2.41. The number of hydrogen-bond acceptors (Lipinski definition) is 3. The Morgan fingerprint density at radius 1 is 1.77 bits per heavy atom. The van der Waals surface area contributed by atoms with Crippen molar-refractivity contribution in [3.63, 3.8) is 0 Å². The molecule has 0 aliphatic carbocycles. The van der Waals surface area contributed by atoms with Gasteiger partial charge in [0.1, 0.15) is 0 Å². The summed E-state index contributed by atoms with van der Waals surface area (Å²) in [5, 5.41) is 8.70. The van der Waals surface area contributed by atoms with Gasteiger partial charge in [0, 0.05) is 24.1 Å². The average molecular weight is 250 g/mol. The number of ether oxygens (including phenoxy) is 1. The lowest BCUT2D eigenvalue weighted by Crippen LogP contribution is -2.46. The van der Waals surface area contributed by atoms with Crippen LogP contribution >= 0.6 is 15.9 Å². The number of carbonyl (C=O) groups is 1. The molecule has 0 spiro atoms. The lowest BCUT2D eigenvalue weighted by molar-refractivity contribution is -0.155. The van der Waals surface area contributed by atoms with E-state index in [2.05, 4.69) is 22.5 Å². The number of hydrogen-bond donors (Lipinski definition) is 1. The van der Waals surface area contributed by atoms with Crippen LogP contribution in [0.1, 0.15) is 0 Å². The van der Waals surface area contributed by atoms with Gasteiger partial charge in [-0.2, -0.15) is 0 Å². The minimum Gasteiger partial charge on any atom is -0.479 e. The third kappa shape index (κ3) is 3.46. The molecule has 13 heavy (non-hydrogen) atoms. The quantitative estimate of drug-likeness (QED) is 0.800. The van der Waals surface area contributed by atoms with Gasteiger partial charge in [-0.3, -0.25) is 4.90 Å². The SMILES string of the molecule is C=C(Br)CN1CCOC(C(=O)O)C1. The summed E-state index contributed by atoms with van der Waals surface area (Å²) < 4.78 is 5.92. The van der Waals surface area contributed by atoms with Crippen LogP contribution in [-0.2, 0) is 9.53 Å². The van der Waals surface area contributed by atoms with Crippen LogP contribution in [0.25, 0.3) is 0 Å². The number of halogens is 1. The molecule has 1 unspecified atom stereocenters. The third-order valence-electron chi connectivity index (χ3n) is 1.82. The van der Waals surface area contributed by atoms with Crippen LogP contribution in [0.5, 0.6) is 0 Å². The Morgan fingerprint density at radius 2 is 2.46 bits per heavy atom. The summed E-state index contributed by atoms with van der Waals surface area (Å²) in [5.41, 5.74) is 0. The fourth-order valence-corrected chi connectivity index (χ4v) is 1.59. The molecule has 0 saturated carbocycles. The van der Waals surface area contributed by atoms with Gasteiger partial charge in [-0.15, -0.1) is 0 Å². The van der Waals surface area contributed by atoms with E-state index in [1.807, 2.05) is 4.90 Å². The zero-order valence-electron chi connectivity index (χ0n) is 7.20. The van der Waals surface area contributed by atoms with Gasteiger partial charge in [0.2, 0.25) is 0 Å². The highest BCUT2D eigenvalue weighted by Crippen LogP contribution is 2.10. The Hall–Kier alpha value is -0.390. The first-order valence-electron chi connectivity index (χ1n) is 3.99. The Kier molecular flexibility index (Phi) is 3.90. The highest BCUT2D eigenvalue weighted by Gasteiger charge is 2.25. The second kappa shape index (κ2) is 4.74. The maximum atomic E-state index is 10.6. The first-order valence-corrected chi connectivity index (χ1v) is 4.79. The number of carboxylic acid groups (broad SMARTS) is 1. The Morgan fingerprint density at radius 3 is 3.00 bits per heavy atom. The summed E-state index contributed by atoms with van der Waals surface area (Å²) in [5.74, 6) is -0.898. The van der Waals surface area contributed by atoms with Crippen LogP contribution in [0, 0.1) is 0 Å². The molecule has 0 aromatic heterocycles. The Labute approximate surface area is 85.3 Å². The molecule has 74 valence electrons. The van der Waals surface area contributed by atoms with E-state index in [1.165, 1.54) is 0 Å². The van der Waals surface area contributed by atoms with Crippen molar-refractivity contribution in [3.8, 4) is 0 Å². The van der Waals surface area contributed by atoms with E-state index in [0.717, 1.165) is 11.0 Å². The van der Waals surface area contributed by atoms with Crippen LogP contribution in [0.2, 0.25) is 0 Å². The number of aliphatic carboxylic acids is 1. The molecule has 1 fully saturated rings. The average Bonchev–Trinajstić information content (AvgIpc) is 2.03. The van der Waals surface area contributed by atoms with Crippen molar-refractivity contribution in [2.45, 2.75) is 6.10 Å². The number of nitrogens with zero attached hydrogens (tertiary/aromatic N) is 1. The molecule has 1 aliphatic rings. The zero-order chi connectivity index (χ0) is 9.84. The summed E-state index contributed by atoms with van der Waals surface area (Å²) in [6, 6.07) is 0. The molecule has 5 heteroatoms. The third-order valence-corrected chi connectivity index (χ3v) is 2.07. The second-order valence-corrected chi connectivity index (χ2v) is 4.07. The molecule has 1 heterocycles. The molecule has 4 nitrogen and oxygen atoms in total. The fourth-order valence-electron chi connectivity index (χ4n) is 1.24. The summed E-state index contributed by atoms with van der Waals surface area (Å²) in [6.07, 6.45) is -0.694. The topological polar surface area (TPSA) is 49.8 Å². The maximum Gasteiger partial charge on any atom is 0.334 e. The smallest absolute Gasteiger partial charge is 0.334 e. The Bertz CT molecular complexity index is 219. The lowest BCUT2D eigenvalue weighted by atomic mass is 10.3. The van der Waals surface area contributed by atoms with Gasteiger partial charge < -0.3 is 9.84 Å². The minimum atomic E-state index is -0.898. The molecule has 1 saturated heterocycles. The summed E-state index contributed by atoms with van der Waals surface area (Å²) in [6.45, 7) is 6.04. The van der Waals surface area contributed by atoms with Gasteiger partial charge in [0.25, 0.3) is 0 Å². The molecule has 1 atom stereocenters. The van der Waals surface area contributed by atoms with Crippen molar-refractivity contribution in [3.05, 3.63) is 11.1 Å². The van der Waals surface area contributed by atoms with E-state index in [0.29, 0.717) is 19.7 Å². The highest BCUT2D eigenvalue weighted by atomic mass is 79.9. The standard InChI is InChI=1S/C8H12BrNO3/c1-6(9)4-10-2-3-13-7(5-10)8(11)12/h7H,1-5H2,(H,11,12).